The maximum absolute atomic E-state index is 13.1. The summed E-state index contributed by atoms with van der Waals surface area (Å²) in [6.45, 7) is 1.75. The molecule has 0 amide bonds. The van der Waals surface area contributed by atoms with Crippen LogP contribution in [0.3, 0.4) is 0 Å². The van der Waals surface area contributed by atoms with E-state index in [1.54, 1.807) is 38.3 Å². The number of hydrogen-bond acceptors (Lipinski definition) is 4. The number of aromatic nitrogens is 3. The molecule has 3 rings (SSSR count). The molecule has 0 saturated heterocycles. The quantitative estimate of drug-likeness (QED) is 0.794. The van der Waals surface area contributed by atoms with E-state index in [2.05, 4.69) is 10.3 Å². The summed E-state index contributed by atoms with van der Waals surface area (Å²) in [5.41, 5.74) is 2.52. The number of aryl methyl sites for hydroxylation is 2. The van der Waals surface area contributed by atoms with Gasteiger partial charge < -0.3 is 9.63 Å². The number of halogens is 1. The molecular weight excluding hydrogens is 313 g/mol. The number of carboxylic acids is 1. The van der Waals surface area contributed by atoms with E-state index < -0.39 is 5.97 Å². The molecule has 0 fully saturated rings. The summed E-state index contributed by atoms with van der Waals surface area (Å²) in [5, 5.41) is 17.2. The van der Waals surface area contributed by atoms with Gasteiger partial charge in [-0.25, -0.2) is 9.18 Å². The molecule has 1 aromatic carbocycles. The van der Waals surface area contributed by atoms with Crippen LogP contribution in [0.2, 0.25) is 0 Å². The number of aromatic carboxylic acids is 1. The standard InChI is InChI=1S/C17H14FN3O3/c1-10-14(8-5-12-9-19-21(2)16(12)17(22)23)15(20-24-10)11-3-6-13(18)7-4-11/h3-9H,1-2H3,(H,22,23). The Labute approximate surface area is 136 Å². The average molecular weight is 327 g/mol. The minimum absolute atomic E-state index is 0.0867. The van der Waals surface area contributed by atoms with Crippen LogP contribution in [0, 0.1) is 12.7 Å². The van der Waals surface area contributed by atoms with Crippen LogP contribution in [-0.4, -0.2) is 26.0 Å². The van der Waals surface area contributed by atoms with Gasteiger partial charge in [0.05, 0.1) is 6.20 Å². The molecule has 0 aliphatic rings. The third-order valence-electron chi connectivity index (χ3n) is 3.63. The maximum atomic E-state index is 13.1. The fourth-order valence-electron chi connectivity index (χ4n) is 2.40. The van der Waals surface area contributed by atoms with Crippen molar-refractivity contribution < 1.29 is 18.8 Å². The molecule has 0 aliphatic carbocycles. The summed E-state index contributed by atoms with van der Waals surface area (Å²) in [7, 11) is 1.56. The Hall–Kier alpha value is -3.22. The number of hydrogen-bond donors (Lipinski definition) is 1. The lowest BCUT2D eigenvalue weighted by molar-refractivity contribution is 0.0685. The summed E-state index contributed by atoms with van der Waals surface area (Å²) >= 11 is 0. The highest BCUT2D eigenvalue weighted by Gasteiger charge is 2.15. The minimum atomic E-state index is -1.06. The van der Waals surface area contributed by atoms with E-state index in [1.165, 1.54) is 23.0 Å². The topological polar surface area (TPSA) is 81.2 Å². The van der Waals surface area contributed by atoms with E-state index in [0.717, 1.165) is 0 Å². The molecule has 122 valence electrons. The number of carboxylic acid groups (broad SMARTS) is 1. The SMILES string of the molecule is Cc1onc(-c2ccc(F)cc2)c1C=Cc1cnn(C)c1C(=O)O. The zero-order valence-electron chi connectivity index (χ0n) is 13.0. The van der Waals surface area contributed by atoms with Crippen molar-refractivity contribution in [1.29, 1.82) is 0 Å². The molecule has 2 aromatic heterocycles. The van der Waals surface area contributed by atoms with Gasteiger partial charge in [-0.05, 0) is 37.3 Å². The molecule has 6 nitrogen and oxygen atoms in total. The molecule has 0 radical (unpaired) electrons. The van der Waals surface area contributed by atoms with Crippen molar-refractivity contribution in [2.24, 2.45) is 7.05 Å². The third-order valence-corrected chi connectivity index (χ3v) is 3.63. The number of nitrogens with zero attached hydrogens (tertiary/aromatic N) is 3. The van der Waals surface area contributed by atoms with Gasteiger partial charge in [-0.1, -0.05) is 11.2 Å². The zero-order chi connectivity index (χ0) is 17.3. The van der Waals surface area contributed by atoms with Gasteiger partial charge in [-0.15, -0.1) is 0 Å². The predicted molar refractivity (Wildman–Crippen MR) is 85.7 cm³/mol. The summed E-state index contributed by atoms with van der Waals surface area (Å²) in [6.07, 6.45) is 4.83. The molecular formula is C17H14FN3O3. The highest BCUT2D eigenvalue weighted by atomic mass is 19.1. The molecule has 0 unspecified atom stereocenters. The van der Waals surface area contributed by atoms with Gasteiger partial charge in [0, 0.05) is 23.7 Å². The van der Waals surface area contributed by atoms with Crippen LogP contribution < -0.4 is 0 Å². The van der Waals surface area contributed by atoms with Crippen LogP contribution in [0.25, 0.3) is 23.4 Å². The van der Waals surface area contributed by atoms with Crippen LogP contribution >= 0.6 is 0 Å². The van der Waals surface area contributed by atoms with Crippen molar-refractivity contribution in [1.82, 2.24) is 14.9 Å². The van der Waals surface area contributed by atoms with E-state index in [1.807, 2.05) is 0 Å². The fraction of sp³-hybridized carbons (Fsp3) is 0.118. The van der Waals surface area contributed by atoms with E-state index in [4.69, 9.17) is 4.52 Å². The molecule has 0 aliphatic heterocycles. The third kappa shape index (κ3) is 2.83. The molecule has 0 bridgehead atoms. The first-order chi connectivity index (χ1) is 11.5. The van der Waals surface area contributed by atoms with Gasteiger partial charge in [0.1, 0.15) is 17.3 Å². The number of carbonyl (C=O) groups is 1. The van der Waals surface area contributed by atoms with Crippen LogP contribution in [0.4, 0.5) is 4.39 Å². The van der Waals surface area contributed by atoms with Gasteiger partial charge >= 0.3 is 5.97 Å². The van der Waals surface area contributed by atoms with Gasteiger partial charge in [0.25, 0.3) is 0 Å². The van der Waals surface area contributed by atoms with Crippen molar-refractivity contribution in [2.75, 3.05) is 0 Å². The molecule has 7 heteroatoms. The molecule has 2 heterocycles. The lowest BCUT2D eigenvalue weighted by Crippen LogP contribution is -2.06. The van der Waals surface area contributed by atoms with Crippen LogP contribution in [0.5, 0.6) is 0 Å². The van der Waals surface area contributed by atoms with E-state index >= 15 is 0 Å². The molecule has 1 N–H and O–H groups in total. The summed E-state index contributed by atoms with van der Waals surface area (Å²) < 4.78 is 19.6. The van der Waals surface area contributed by atoms with Crippen molar-refractivity contribution >= 4 is 18.1 Å². The van der Waals surface area contributed by atoms with Crippen molar-refractivity contribution in [3.8, 4) is 11.3 Å². The first-order valence-corrected chi connectivity index (χ1v) is 7.13. The molecule has 0 spiro atoms. The smallest absolute Gasteiger partial charge is 0.354 e. The molecule has 0 atom stereocenters. The second kappa shape index (κ2) is 6.11. The first kappa shape index (κ1) is 15.7. The number of rotatable bonds is 4. The average Bonchev–Trinajstić information content (AvgIpc) is 3.09. The highest BCUT2D eigenvalue weighted by Crippen LogP contribution is 2.27. The first-order valence-electron chi connectivity index (χ1n) is 7.13. The largest absolute Gasteiger partial charge is 0.477 e. The maximum Gasteiger partial charge on any atom is 0.354 e. The summed E-state index contributed by atoms with van der Waals surface area (Å²) in [4.78, 5) is 11.3. The highest BCUT2D eigenvalue weighted by molar-refractivity contribution is 5.92. The Morgan fingerprint density at radius 3 is 2.67 bits per heavy atom. The van der Waals surface area contributed by atoms with Crippen molar-refractivity contribution in [2.45, 2.75) is 6.92 Å². The lowest BCUT2D eigenvalue weighted by atomic mass is 10.0. The normalized spacial score (nSPS) is 11.3. The van der Waals surface area contributed by atoms with E-state index in [-0.39, 0.29) is 11.5 Å². The van der Waals surface area contributed by atoms with Gasteiger partial charge in [0.15, 0.2) is 5.69 Å². The summed E-state index contributed by atoms with van der Waals surface area (Å²) in [6, 6.07) is 5.90. The monoisotopic (exact) mass is 327 g/mol. The van der Waals surface area contributed by atoms with Crippen molar-refractivity contribution in [3.05, 3.63) is 58.9 Å². The lowest BCUT2D eigenvalue weighted by Gasteiger charge is -1.99. The Bertz CT molecular complexity index is 923. The zero-order valence-corrected chi connectivity index (χ0v) is 13.0. The van der Waals surface area contributed by atoms with Crippen molar-refractivity contribution in [3.63, 3.8) is 0 Å². The van der Waals surface area contributed by atoms with Crippen LogP contribution in [0.15, 0.2) is 35.0 Å². The minimum Gasteiger partial charge on any atom is -0.477 e. The molecule has 24 heavy (non-hydrogen) atoms. The Morgan fingerprint density at radius 1 is 1.29 bits per heavy atom. The van der Waals surface area contributed by atoms with Gasteiger partial charge in [-0.2, -0.15) is 5.10 Å². The second-order valence-electron chi connectivity index (χ2n) is 5.22. The van der Waals surface area contributed by atoms with Gasteiger partial charge in [-0.3, -0.25) is 4.68 Å². The van der Waals surface area contributed by atoms with Crippen LogP contribution in [0.1, 0.15) is 27.4 Å². The summed E-state index contributed by atoms with van der Waals surface area (Å²) in [5.74, 6) is -0.820. The van der Waals surface area contributed by atoms with Gasteiger partial charge in [0.2, 0.25) is 0 Å². The van der Waals surface area contributed by atoms with E-state index in [0.29, 0.717) is 28.1 Å². The fourth-order valence-corrected chi connectivity index (χ4v) is 2.40. The Balaban J connectivity index is 2.01. The Kier molecular flexibility index (Phi) is 3.99. The molecule has 0 saturated carbocycles. The van der Waals surface area contributed by atoms with E-state index in [9.17, 15) is 14.3 Å². The van der Waals surface area contributed by atoms with Crippen LogP contribution in [-0.2, 0) is 7.05 Å². The molecule has 3 aromatic rings. The number of benzene rings is 1. The second-order valence-corrected chi connectivity index (χ2v) is 5.22. The predicted octanol–water partition coefficient (Wildman–Crippen LogP) is 3.39. The Morgan fingerprint density at radius 2 is 2.00 bits per heavy atom.